The fourth-order valence-corrected chi connectivity index (χ4v) is 3.46. The summed E-state index contributed by atoms with van der Waals surface area (Å²) in [6, 6.07) is 8.12. The minimum Gasteiger partial charge on any atom is -0.340 e. The van der Waals surface area contributed by atoms with E-state index in [9.17, 15) is 0 Å². The van der Waals surface area contributed by atoms with Crippen LogP contribution in [0.5, 0.6) is 0 Å². The van der Waals surface area contributed by atoms with Crippen molar-refractivity contribution in [1.82, 2.24) is 24.5 Å². The molecule has 0 saturated carbocycles. The van der Waals surface area contributed by atoms with E-state index in [0.717, 1.165) is 55.6 Å². The summed E-state index contributed by atoms with van der Waals surface area (Å²) in [7, 11) is 0. The highest BCUT2D eigenvalue weighted by molar-refractivity contribution is 5.33. The number of aryl methyl sites for hydroxylation is 1. The van der Waals surface area contributed by atoms with Crippen LogP contribution < -0.4 is 4.90 Å². The normalized spacial score (nSPS) is 17.6. The van der Waals surface area contributed by atoms with Crippen molar-refractivity contribution in [2.24, 2.45) is 0 Å². The maximum absolute atomic E-state index is 4.93. The van der Waals surface area contributed by atoms with Gasteiger partial charge >= 0.3 is 0 Å². The molecular weight excluding hydrogens is 312 g/mol. The molecule has 128 valence electrons. The standard InChI is InChI=1S/C19H22N6/c1-2-17-20-11-13-25(17)18-8-3-7-16(23-18)15-6-4-12-24(14-15)19-21-9-5-10-22-19/h3,5,7-11,13,15H,2,4,6,12,14H2,1H3. The lowest BCUT2D eigenvalue weighted by molar-refractivity contribution is 0.495. The third kappa shape index (κ3) is 3.24. The maximum Gasteiger partial charge on any atom is 0.225 e. The highest BCUT2D eigenvalue weighted by Crippen LogP contribution is 2.28. The molecule has 25 heavy (non-hydrogen) atoms. The van der Waals surface area contributed by atoms with Crippen LogP contribution in [0.15, 0.2) is 49.1 Å². The number of rotatable bonds is 4. The van der Waals surface area contributed by atoms with E-state index in [4.69, 9.17) is 4.98 Å². The largest absolute Gasteiger partial charge is 0.340 e. The van der Waals surface area contributed by atoms with Crippen molar-refractivity contribution in [1.29, 1.82) is 0 Å². The van der Waals surface area contributed by atoms with E-state index >= 15 is 0 Å². The molecule has 1 unspecified atom stereocenters. The highest BCUT2D eigenvalue weighted by atomic mass is 15.3. The molecule has 0 radical (unpaired) electrons. The van der Waals surface area contributed by atoms with Gasteiger partial charge in [0.25, 0.3) is 0 Å². The van der Waals surface area contributed by atoms with Gasteiger partial charge in [0.2, 0.25) is 5.95 Å². The van der Waals surface area contributed by atoms with Crippen molar-refractivity contribution in [3.05, 3.63) is 60.6 Å². The van der Waals surface area contributed by atoms with Crippen molar-refractivity contribution in [2.75, 3.05) is 18.0 Å². The lowest BCUT2D eigenvalue weighted by Crippen LogP contribution is -2.35. The molecule has 1 aliphatic rings. The van der Waals surface area contributed by atoms with Crippen LogP contribution in [-0.2, 0) is 6.42 Å². The summed E-state index contributed by atoms with van der Waals surface area (Å²) in [4.78, 5) is 20.4. The van der Waals surface area contributed by atoms with E-state index < -0.39 is 0 Å². The smallest absolute Gasteiger partial charge is 0.225 e. The van der Waals surface area contributed by atoms with Gasteiger partial charge in [0.1, 0.15) is 11.6 Å². The molecule has 4 rings (SSSR count). The number of nitrogens with zero attached hydrogens (tertiary/aromatic N) is 6. The molecule has 3 aromatic heterocycles. The summed E-state index contributed by atoms with van der Waals surface area (Å²) < 4.78 is 2.07. The second-order valence-electron chi connectivity index (χ2n) is 6.32. The maximum atomic E-state index is 4.93. The predicted molar refractivity (Wildman–Crippen MR) is 97.0 cm³/mol. The Balaban J connectivity index is 1.58. The third-order valence-corrected chi connectivity index (χ3v) is 4.71. The first-order chi connectivity index (χ1) is 12.3. The first-order valence-electron chi connectivity index (χ1n) is 8.86. The van der Waals surface area contributed by atoms with E-state index in [1.807, 2.05) is 24.5 Å². The number of hydrogen-bond donors (Lipinski definition) is 0. The van der Waals surface area contributed by atoms with E-state index in [-0.39, 0.29) is 0 Å². The number of piperidine rings is 1. The highest BCUT2D eigenvalue weighted by Gasteiger charge is 2.24. The van der Waals surface area contributed by atoms with E-state index in [1.54, 1.807) is 12.4 Å². The minimum atomic E-state index is 0.395. The van der Waals surface area contributed by atoms with Crippen LogP contribution in [-0.4, -0.2) is 37.6 Å². The third-order valence-electron chi connectivity index (χ3n) is 4.71. The van der Waals surface area contributed by atoms with E-state index in [0.29, 0.717) is 5.92 Å². The first kappa shape index (κ1) is 15.7. The Morgan fingerprint density at radius 2 is 1.96 bits per heavy atom. The molecule has 0 aromatic carbocycles. The van der Waals surface area contributed by atoms with Gasteiger partial charge in [-0.05, 0) is 31.0 Å². The summed E-state index contributed by atoms with van der Waals surface area (Å²) >= 11 is 0. The van der Waals surface area contributed by atoms with Gasteiger partial charge < -0.3 is 4.90 Å². The molecule has 1 saturated heterocycles. The first-order valence-corrected chi connectivity index (χ1v) is 8.86. The SMILES string of the molecule is CCc1nccn1-c1cccc(C2CCCN(c3ncccn3)C2)n1. The van der Waals surface area contributed by atoms with Gasteiger partial charge in [0.15, 0.2) is 0 Å². The zero-order valence-corrected chi connectivity index (χ0v) is 14.4. The number of pyridine rings is 1. The molecule has 0 N–H and O–H groups in total. The van der Waals surface area contributed by atoms with Gasteiger partial charge in [-0.1, -0.05) is 13.0 Å². The van der Waals surface area contributed by atoms with Gasteiger partial charge in [-0.2, -0.15) is 0 Å². The predicted octanol–water partition coefficient (Wildman–Crippen LogP) is 3.00. The quantitative estimate of drug-likeness (QED) is 0.734. The Morgan fingerprint density at radius 3 is 2.80 bits per heavy atom. The molecule has 1 atom stereocenters. The molecule has 0 bridgehead atoms. The molecule has 4 heterocycles. The molecule has 0 spiro atoms. The van der Waals surface area contributed by atoms with Crippen molar-refractivity contribution in [2.45, 2.75) is 32.1 Å². The number of hydrogen-bond acceptors (Lipinski definition) is 5. The van der Waals surface area contributed by atoms with Crippen LogP contribution >= 0.6 is 0 Å². The van der Waals surface area contributed by atoms with Crippen molar-refractivity contribution in [3.8, 4) is 5.82 Å². The second kappa shape index (κ2) is 7.01. The molecule has 0 amide bonds. The summed E-state index contributed by atoms with van der Waals surface area (Å²) in [6.07, 6.45) is 10.6. The summed E-state index contributed by atoms with van der Waals surface area (Å²) in [6.45, 7) is 4.02. The number of imidazole rings is 1. The van der Waals surface area contributed by atoms with Crippen LogP contribution in [0, 0.1) is 0 Å². The van der Waals surface area contributed by atoms with Crippen LogP contribution in [0.2, 0.25) is 0 Å². The van der Waals surface area contributed by atoms with Gasteiger partial charge in [-0.3, -0.25) is 4.57 Å². The Bertz CT molecular complexity index is 829. The van der Waals surface area contributed by atoms with Crippen LogP contribution in [0.1, 0.15) is 37.2 Å². The Hall–Kier alpha value is -2.76. The van der Waals surface area contributed by atoms with Gasteiger partial charge in [-0.25, -0.2) is 19.9 Å². The van der Waals surface area contributed by atoms with E-state index in [2.05, 4.69) is 43.5 Å². The van der Waals surface area contributed by atoms with Crippen molar-refractivity contribution in [3.63, 3.8) is 0 Å². The van der Waals surface area contributed by atoms with Crippen LogP contribution in [0.4, 0.5) is 5.95 Å². The summed E-state index contributed by atoms with van der Waals surface area (Å²) in [5.41, 5.74) is 1.13. The fraction of sp³-hybridized carbons (Fsp3) is 0.368. The van der Waals surface area contributed by atoms with Crippen molar-refractivity contribution < 1.29 is 0 Å². The molecule has 3 aromatic rings. The Morgan fingerprint density at radius 1 is 1.08 bits per heavy atom. The lowest BCUT2D eigenvalue weighted by atomic mass is 9.94. The van der Waals surface area contributed by atoms with Gasteiger partial charge in [0, 0.05) is 55.9 Å². The Labute approximate surface area is 147 Å². The average molecular weight is 334 g/mol. The molecule has 1 fully saturated rings. The Kier molecular flexibility index (Phi) is 4.41. The molecular formula is C19H22N6. The van der Waals surface area contributed by atoms with Crippen molar-refractivity contribution >= 4 is 5.95 Å². The number of anilines is 1. The van der Waals surface area contributed by atoms with Crippen LogP contribution in [0.25, 0.3) is 5.82 Å². The molecule has 0 aliphatic carbocycles. The molecule has 6 nitrogen and oxygen atoms in total. The van der Waals surface area contributed by atoms with E-state index in [1.165, 1.54) is 0 Å². The average Bonchev–Trinajstić information content (AvgIpc) is 3.18. The zero-order valence-electron chi connectivity index (χ0n) is 14.4. The lowest BCUT2D eigenvalue weighted by Gasteiger charge is -2.32. The van der Waals surface area contributed by atoms with Gasteiger partial charge in [0.05, 0.1) is 0 Å². The number of aromatic nitrogens is 5. The molecule has 1 aliphatic heterocycles. The molecule has 6 heteroatoms. The van der Waals surface area contributed by atoms with Gasteiger partial charge in [-0.15, -0.1) is 0 Å². The topological polar surface area (TPSA) is 59.7 Å². The summed E-state index contributed by atoms with van der Waals surface area (Å²) in [5, 5.41) is 0. The minimum absolute atomic E-state index is 0.395. The zero-order chi connectivity index (χ0) is 17.1. The fourth-order valence-electron chi connectivity index (χ4n) is 3.46. The summed E-state index contributed by atoms with van der Waals surface area (Å²) in [5.74, 6) is 3.19. The van der Waals surface area contributed by atoms with Crippen LogP contribution in [0.3, 0.4) is 0 Å². The monoisotopic (exact) mass is 334 g/mol. The second-order valence-corrected chi connectivity index (χ2v) is 6.32.